The fraction of sp³-hybridized carbons (Fsp3) is 0.0909. The van der Waals surface area contributed by atoms with Gasteiger partial charge in [0, 0.05) is 18.6 Å². The molecule has 0 unspecified atom stereocenters. The van der Waals surface area contributed by atoms with Crippen molar-refractivity contribution in [1.82, 2.24) is 15.0 Å². The third kappa shape index (κ3) is 2.60. The molecule has 0 atom stereocenters. The zero-order valence-corrected chi connectivity index (χ0v) is 8.83. The Morgan fingerprint density at radius 2 is 2.12 bits per heavy atom. The molecule has 2 aromatic rings. The minimum atomic E-state index is 0.609. The summed E-state index contributed by atoms with van der Waals surface area (Å²) in [5.41, 5.74) is 4.45. The smallest absolute Gasteiger partial charge is 0.164 e. The van der Waals surface area contributed by atoms with Crippen LogP contribution < -0.4 is 5.43 Å². The van der Waals surface area contributed by atoms with Crippen LogP contribution in [-0.4, -0.2) is 20.7 Å². The van der Waals surface area contributed by atoms with Crippen LogP contribution in [0.15, 0.2) is 48.1 Å². The van der Waals surface area contributed by atoms with Crippen LogP contribution in [0.1, 0.15) is 12.6 Å². The molecule has 0 radical (unpaired) electrons. The Hall–Kier alpha value is -2.30. The molecule has 5 nitrogen and oxygen atoms in total. The molecule has 16 heavy (non-hydrogen) atoms. The van der Waals surface area contributed by atoms with Gasteiger partial charge in [0.2, 0.25) is 0 Å². The van der Waals surface area contributed by atoms with Gasteiger partial charge in [-0.2, -0.15) is 5.10 Å². The molecule has 0 saturated heterocycles. The van der Waals surface area contributed by atoms with E-state index in [1.54, 1.807) is 24.8 Å². The Balaban J connectivity index is 2.09. The minimum absolute atomic E-state index is 0.609. The van der Waals surface area contributed by atoms with Crippen molar-refractivity contribution in [3.8, 4) is 0 Å². The second-order valence-electron chi connectivity index (χ2n) is 3.11. The van der Waals surface area contributed by atoms with Crippen molar-refractivity contribution in [2.45, 2.75) is 6.92 Å². The van der Waals surface area contributed by atoms with Crippen molar-refractivity contribution in [3.05, 3.63) is 48.7 Å². The largest absolute Gasteiger partial charge is 0.260 e. The van der Waals surface area contributed by atoms with Crippen LogP contribution in [0.5, 0.6) is 0 Å². The lowest BCUT2D eigenvalue weighted by molar-refractivity contribution is 1.15. The second-order valence-corrected chi connectivity index (χ2v) is 3.11. The van der Waals surface area contributed by atoms with Gasteiger partial charge in [-0.25, -0.2) is 4.98 Å². The zero-order chi connectivity index (χ0) is 11.2. The number of hydrogen-bond acceptors (Lipinski definition) is 5. The summed E-state index contributed by atoms with van der Waals surface area (Å²) >= 11 is 0. The average molecular weight is 213 g/mol. The predicted molar refractivity (Wildman–Crippen MR) is 62.1 cm³/mol. The maximum atomic E-state index is 4.18. The number of nitrogens with one attached hydrogen (secondary N) is 1. The van der Waals surface area contributed by atoms with Gasteiger partial charge in [-0.3, -0.25) is 15.4 Å². The fourth-order valence-electron chi connectivity index (χ4n) is 1.13. The number of hydrogen-bond donors (Lipinski definition) is 1. The maximum absolute atomic E-state index is 4.18. The van der Waals surface area contributed by atoms with Crippen molar-refractivity contribution >= 4 is 11.5 Å². The highest BCUT2D eigenvalue weighted by atomic mass is 15.3. The molecular weight excluding hydrogens is 202 g/mol. The van der Waals surface area contributed by atoms with E-state index in [9.17, 15) is 0 Å². The van der Waals surface area contributed by atoms with Crippen LogP contribution in [0.25, 0.3) is 0 Å². The fourth-order valence-corrected chi connectivity index (χ4v) is 1.13. The monoisotopic (exact) mass is 213 g/mol. The molecule has 80 valence electrons. The molecule has 0 aromatic carbocycles. The summed E-state index contributed by atoms with van der Waals surface area (Å²) in [6, 6.07) is 5.69. The van der Waals surface area contributed by atoms with E-state index in [0.29, 0.717) is 5.82 Å². The Morgan fingerprint density at radius 1 is 1.19 bits per heavy atom. The van der Waals surface area contributed by atoms with Gasteiger partial charge in [0.25, 0.3) is 0 Å². The molecule has 0 aliphatic rings. The maximum Gasteiger partial charge on any atom is 0.164 e. The van der Waals surface area contributed by atoms with Gasteiger partial charge in [0.15, 0.2) is 5.82 Å². The number of aromatic nitrogens is 3. The molecule has 2 aromatic heterocycles. The Bertz CT molecular complexity index is 466. The molecule has 0 aliphatic heterocycles. The molecule has 1 N–H and O–H groups in total. The molecule has 0 fully saturated rings. The summed E-state index contributed by atoms with van der Waals surface area (Å²) in [6.45, 7) is 1.88. The van der Waals surface area contributed by atoms with E-state index in [-0.39, 0.29) is 0 Å². The van der Waals surface area contributed by atoms with E-state index < -0.39 is 0 Å². The molecule has 0 spiro atoms. The van der Waals surface area contributed by atoms with E-state index >= 15 is 0 Å². The predicted octanol–water partition coefficient (Wildman–Crippen LogP) is 1.71. The standard InChI is InChI=1S/C11H11N5/c1-9(10-4-2-3-5-13-10)15-16-11-8-12-6-7-14-11/h2-8H,1H3,(H,14,16)/b15-9+. The number of hydrazone groups is 1. The second kappa shape index (κ2) is 4.97. The highest BCUT2D eigenvalue weighted by molar-refractivity contribution is 5.97. The lowest BCUT2D eigenvalue weighted by atomic mass is 10.3. The van der Waals surface area contributed by atoms with Crippen LogP contribution in [0.3, 0.4) is 0 Å². The molecule has 0 bridgehead atoms. The molecule has 5 heteroatoms. The Kier molecular flexibility index (Phi) is 3.18. The SMILES string of the molecule is C/C(=N\Nc1cnccn1)c1ccccn1. The molecule has 2 rings (SSSR count). The number of anilines is 1. The lowest BCUT2D eigenvalue weighted by Gasteiger charge is -2.00. The molecule has 0 aliphatic carbocycles. The minimum Gasteiger partial charge on any atom is -0.260 e. The first-order valence-corrected chi connectivity index (χ1v) is 4.84. The quantitative estimate of drug-likeness (QED) is 0.622. The van der Waals surface area contributed by atoms with Gasteiger partial charge in [0.1, 0.15) is 0 Å². The van der Waals surface area contributed by atoms with Gasteiger partial charge in [0.05, 0.1) is 17.6 Å². The van der Waals surface area contributed by atoms with E-state index in [2.05, 4.69) is 25.5 Å². The van der Waals surface area contributed by atoms with Gasteiger partial charge >= 0.3 is 0 Å². The first kappa shape index (κ1) is 10.2. The van der Waals surface area contributed by atoms with Crippen molar-refractivity contribution < 1.29 is 0 Å². The van der Waals surface area contributed by atoms with Crippen molar-refractivity contribution in [1.29, 1.82) is 0 Å². The number of rotatable bonds is 3. The van der Waals surface area contributed by atoms with Crippen molar-refractivity contribution in [2.75, 3.05) is 5.43 Å². The van der Waals surface area contributed by atoms with E-state index in [1.807, 2.05) is 25.1 Å². The van der Waals surface area contributed by atoms with Crippen molar-refractivity contribution in [2.24, 2.45) is 5.10 Å². The van der Waals surface area contributed by atoms with Crippen LogP contribution in [0.2, 0.25) is 0 Å². The highest BCUT2D eigenvalue weighted by Gasteiger charge is 1.97. The summed E-state index contributed by atoms with van der Waals surface area (Å²) in [6.07, 6.45) is 6.56. The normalized spacial score (nSPS) is 11.2. The zero-order valence-electron chi connectivity index (χ0n) is 8.83. The third-order valence-corrected chi connectivity index (χ3v) is 1.94. The number of pyridine rings is 1. The molecule has 2 heterocycles. The first-order valence-electron chi connectivity index (χ1n) is 4.84. The van der Waals surface area contributed by atoms with E-state index in [1.165, 1.54) is 0 Å². The average Bonchev–Trinajstić information content (AvgIpc) is 2.38. The van der Waals surface area contributed by atoms with Crippen LogP contribution in [0, 0.1) is 0 Å². The molecular formula is C11H11N5. The van der Waals surface area contributed by atoms with Crippen LogP contribution >= 0.6 is 0 Å². The first-order chi connectivity index (χ1) is 7.86. The Morgan fingerprint density at radius 3 is 2.81 bits per heavy atom. The topological polar surface area (TPSA) is 63.1 Å². The summed E-state index contributed by atoms with van der Waals surface area (Å²) in [5, 5.41) is 4.17. The number of nitrogens with zero attached hydrogens (tertiary/aromatic N) is 4. The van der Waals surface area contributed by atoms with Crippen LogP contribution in [0.4, 0.5) is 5.82 Å². The third-order valence-electron chi connectivity index (χ3n) is 1.94. The van der Waals surface area contributed by atoms with Gasteiger partial charge in [-0.05, 0) is 19.1 Å². The summed E-state index contributed by atoms with van der Waals surface area (Å²) < 4.78 is 0. The van der Waals surface area contributed by atoms with E-state index in [4.69, 9.17) is 0 Å². The van der Waals surface area contributed by atoms with Gasteiger partial charge in [-0.1, -0.05) is 6.07 Å². The lowest BCUT2D eigenvalue weighted by Crippen LogP contribution is -2.02. The summed E-state index contributed by atoms with van der Waals surface area (Å²) in [4.78, 5) is 12.2. The van der Waals surface area contributed by atoms with Crippen LogP contribution in [-0.2, 0) is 0 Å². The highest BCUT2D eigenvalue weighted by Crippen LogP contribution is 2.00. The Labute approximate surface area is 93.3 Å². The molecule has 0 amide bonds. The molecule has 0 saturated carbocycles. The van der Waals surface area contributed by atoms with Gasteiger partial charge < -0.3 is 0 Å². The van der Waals surface area contributed by atoms with Crippen molar-refractivity contribution in [3.63, 3.8) is 0 Å². The summed E-state index contributed by atoms with van der Waals surface area (Å²) in [7, 11) is 0. The van der Waals surface area contributed by atoms with E-state index in [0.717, 1.165) is 11.4 Å². The van der Waals surface area contributed by atoms with Gasteiger partial charge in [-0.15, -0.1) is 0 Å². The summed E-state index contributed by atoms with van der Waals surface area (Å²) in [5.74, 6) is 0.609.